The van der Waals surface area contributed by atoms with Gasteiger partial charge in [-0.3, -0.25) is 4.79 Å². The monoisotopic (exact) mass is 249 g/mol. The summed E-state index contributed by atoms with van der Waals surface area (Å²) in [6.45, 7) is 5.25. The van der Waals surface area contributed by atoms with E-state index in [2.05, 4.69) is 4.74 Å². The van der Waals surface area contributed by atoms with Crippen LogP contribution in [0.15, 0.2) is 12.2 Å². The van der Waals surface area contributed by atoms with Crippen LogP contribution in [0.25, 0.3) is 0 Å². The molecular formula is C11H17F2NO3. The summed E-state index contributed by atoms with van der Waals surface area (Å²) in [7, 11) is 0. The fraction of sp³-hybridized carbons (Fsp3) is 0.636. The van der Waals surface area contributed by atoms with Gasteiger partial charge >= 0.3 is 11.9 Å². The summed E-state index contributed by atoms with van der Waals surface area (Å²) in [6.07, 6.45) is 0.844. The zero-order valence-corrected chi connectivity index (χ0v) is 10.2. The summed E-state index contributed by atoms with van der Waals surface area (Å²) in [5, 5.41) is 0. The third-order valence-electron chi connectivity index (χ3n) is 2.05. The Morgan fingerprint density at radius 2 is 1.76 bits per heavy atom. The summed E-state index contributed by atoms with van der Waals surface area (Å²) in [5.74, 6) is -5.89. The minimum absolute atomic E-state index is 0.0960. The number of halogens is 2. The number of ether oxygens (including phenoxy) is 1. The van der Waals surface area contributed by atoms with Crippen molar-refractivity contribution in [2.75, 3.05) is 19.7 Å². The highest BCUT2D eigenvalue weighted by Gasteiger charge is 2.38. The van der Waals surface area contributed by atoms with Crippen molar-refractivity contribution in [2.45, 2.75) is 26.7 Å². The Morgan fingerprint density at radius 3 is 2.18 bits per heavy atom. The van der Waals surface area contributed by atoms with E-state index in [0.29, 0.717) is 6.08 Å². The molecule has 0 spiro atoms. The minimum atomic E-state index is -3.68. The molecule has 98 valence electrons. The van der Waals surface area contributed by atoms with Gasteiger partial charge in [0.15, 0.2) is 0 Å². The molecule has 0 unspecified atom stereocenters. The lowest BCUT2D eigenvalue weighted by atomic mass is 10.2. The maximum absolute atomic E-state index is 13.4. The summed E-state index contributed by atoms with van der Waals surface area (Å²) >= 11 is 0. The molecule has 0 rings (SSSR count). The number of hydrogen-bond donors (Lipinski definition) is 0. The Kier molecular flexibility index (Phi) is 6.38. The first-order valence-corrected chi connectivity index (χ1v) is 5.42. The van der Waals surface area contributed by atoms with Crippen LogP contribution in [0, 0.1) is 0 Å². The van der Waals surface area contributed by atoms with E-state index in [-0.39, 0.29) is 25.8 Å². The van der Waals surface area contributed by atoms with Crippen molar-refractivity contribution < 1.29 is 23.1 Å². The summed E-state index contributed by atoms with van der Waals surface area (Å²) in [5.41, 5.74) is 0. The lowest BCUT2D eigenvalue weighted by Crippen LogP contribution is -2.42. The summed E-state index contributed by atoms with van der Waals surface area (Å²) in [6, 6.07) is 0. The minimum Gasteiger partial charge on any atom is -0.463 e. The van der Waals surface area contributed by atoms with Gasteiger partial charge in [-0.1, -0.05) is 0 Å². The van der Waals surface area contributed by atoms with Crippen molar-refractivity contribution in [1.82, 2.24) is 4.90 Å². The van der Waals surface area contributed by atoms with Crippen LogP contribution in [-0.2, 0) is 14.3 Å². The lowest BCUT2D eigenvalue weighted by molar-refractivity contribution is -0.150. The van der Waals surface area contributed by atoms with Crippen molar-refractivity contribution in [2.24, 2.45) is 0 Å². The van der Waals surface area contributed by atoms with Gasteiger partial charge in [0, 0.05) is 25.2 Å². The molecule has 0 N–H and O–H groups in total. The number of amides is 1. The van der Waals surface area contributed by atoms with Crippen molar-refractivity contribution in [3.8, 4) is 0 Å². The maximum atomic E-state index is 13.4. The molecule has 1 amide bonds. The van der Waals surface area contributed by atoms with E-state index in [1.807, 2.05) is 0 Å². The molecule has 0 fully saturated rings. The van der Waals surface area contributed by atoms with Crippen LogP contribution in [0.5, 0.6) is 0 Å². The van der Waals surface area contributed by atoms with Crippen molar-refractivity contribution in [1.29, 1.82) is 0 Å². The van der Waals surface area contributed by atoms with Gasteiger partial charge in [-0.15, -0.1) is 0 Å². The molecule has 0 aromatic heterocycles. The third-order valence-corrected chi connectivity index (χ3v) is 2.05. The van der Waals surface area contributed by atoms with Gasteiger partial charge in [-0.2, -0.15) is 8.78 Å². The molecule has 4 nitrogen and oxygen atoms in total. The Bertz CT molecular complexity index is 299. The number of carbonyl (C=O) groups is 2. The fourth-order valence-corrected chi connectivity index (χ4v) is 1.16. The Labute approximate surface area is 99.2 Å². The van der Waals surface area contributed by atoms with E-state index in [1.165, 1.54) is 0 Å². The average molecular weight is 249 g/mol. The van der Waals surface area contributed by atoms with E-state index in [4.69, 9.17) is 0 Å². The molecule has 0 aliphatic rings. The third kappa shape index (κ3) is 4.93. The Morgan fingerprint density at radius 1 is 1.24 bits per heavy atom. The van der Waals surface area contributed by atoms with Crippen LogP contribution >= 0.6 is 0 Å². The zero-order valence-electron chi connectivity index (χ0n) is 10.2. The van der Waals surface area contributed by atoms with Gasteiger partial charge < -0.3 is 9.64 Å². The normalized spacial score (nSPS) is 11.6. The van der Waals surface area contributed by atoms with Gasteiger partial charge in [0.25, 0.3) is 5.91 Å². The summed E-state index contributed by atoms with van der Waals surface area (Å²) < 4.78 is 31.2. The maximum Gasteiger partial charge on any atom is 0.343 e. The summed E-state index contributed by atoms with van der Waals surface area (Å²) in [4.78, 5) is 23.2. The van der Waals surface area contributed by atoms with E-state index in [9.17, 15) is 18.4 Å². The number of hydrogen-bond acceptors (Lipinski definition) is 3. The standard InChI is InChI=1S/C11H17F2NO3/c1-4-14(5-2)10(16)11(12,13)8-7-9(15)17-6-3/h7-8H,4-6H2,1-3H3/b8-7+. The van der Waals surface area contributed by atoms with Crippen molar-refractivity contribution in [3.63, 3.8) is 0 Å². The van der Waals surface area contributed by atoms with E-state index < -0.39 is 17.8 Å². The Hall–Kier alpha value is -1.46. The zero-order chi connectivity index (χ0) is 13.5. The molecule has 0 heterocycles. The van der Waals surface area contributed by atoms with Crippen LogP contribution in [0.4, 0.5) is 8.78 Å². The highest BCUT2D eigenvalue weighted by atomic mass is 19.3. The second-order valence-corrected chi connectivity index (χ2v) is 3.19. The quantitative estimate of drug-likeness (QED) is 0.530. The topological polar surface area (TPSA) is 46.6 Å². The van der Waals surface area contributed by atoms with Gasteiger partial charge in [0.1, 0.15) is 0 Å². The molecule has 0 radical (unpaired) electrons. The molecule has 0 aliphatic carbocycles. The molecule has 0 aromatic rings. The first-order chi connectivity index (χ1) is 7.88. The van der Waals surface area contributed by atoms with Gasteiger partial charge in [0.2, 0.25) is 0 Å². The molecule has 0 aromatic carbocycles. The number of carbonyl (C=O) groups excluding carboxylic acids is 2. The number of rotatable bonds is 6. The van der Waals surface area contributed by atoms with Crippen molar-refractivity contribution in [3.05, 3.63) is 12.2 Å². The molecule has 0 bridgehead atoms. The molecule has 0 saturated heterocycles. The van der Waals surface area contributed by atoms with Crippen LogP contribution in [-0.4, -0.2) is 42.4 Å². The highest BCUT2D eigenvalue weighted by Crippen LogP contribution is 2.18. The first kappa shape index (κ1) is 15.5. The van der Waals surface area contributed by atoms with E-state index >= 15 is 0 Å². The van der Waals surface area contributed by atoms with E-state index in [1.54, 1.807) is 20.8 Å². The number of alkyl halides is 2. The lowest BCUT2D eigenvalue weighted by Gasteiger charge is -2.22. The van der Waals surface area contributed by atoms with Crippen LogP contribution in [0.2, 0.25) is 0 Å². The predicted octanol–water partition coefficient (Wildman–Crippen LogP) is 1.61. The van der Waals surface area contributed by atoms with Gasteiger partial charge in [0.05, 0.1) is 6.61 Å². The van der Waals surface area contributed by atoms with E-state index in [0.717, 1.165) is 4.90 Å². The van der Waals surface area contributed by atoms with Crippen molar-refractivity contribution >= 4 is 11.9 Å². The second kappa shape index (κ2) is 6.98. The highest BCUT2D eigenvalue weighted by molar-refractivity contribution is 5.88. The van der Waals surface area contributed by atoms with Gasteiger partial charge in [-0.25, -0.2) is 4.79 Å². The number of esters is 1. The molecule has 17 heavy (non-hydrogen) atoms. The fourth-order valence-electron chi connectivity index (χ4n) is 1.16. The molecule has 0 atom stereocenters. The van der Waals surface area contributed by atoms with Crippen LogP contribution in [0.3, 0.4) is 0 Å². The number of nitrogens with zero attached hydrogens (tertiary/aromatic N) is 1. The second-order valence-electron chi connectivity index (χ2n) is 3.19. The van der Waals surface area contributed by atoms with Crippen LogP contribution in [0.1, 0.15) is 20.8 Å². The average Bonchev–Trinajstić information content (AvgIpc) is 2.28. The van der Waals surface area contributed by atoms with Crippen LogP contribution < -0.4 is 0 Å². The molecular weight excluding hydrogens is 232 g/mol. The smallest absolute Gasteiger partial charge is 0.343 e. The van der Waals surface area contributed by atoms with Gasteiger partial charge in [-0.05, 0) is 20.8 Å². The SMILES string of the molecule is CCOC(=O)/C=C/C(F)(F)C(=O)N(CC)CC. The molecule has 0 saturated carbocycles. The first-order valence-electron chi connectivity index (χ1n) is 5.42. The molecule has 6 heteroatoms. The molecule has 0 aliphatic heterocycles. The largest absolute Gasteiger partial charge is 0.463 e. The predicted molar refractivity (Wildman–Crippen MR) is 58.6 cm³/mol. The Balaban J connectivity index is 4.66.